The molecule has 1 N–H and O–H groups in total. The van der Waals surface area contributed by atoms with Gasteiger partial charge in [0.15, 0.2) is 0 Å². The van der Waals surface area contributed by atoms with Crippen molar-refractivity contribution in [1.82, 2.24) is 9.62 Å². The summed E-state index contributed by atoms with van der Waals surface area (Å²) >= 11 is 0. The van der Waals surface area contributed by atoms with E-state index >= 15 is 0 Å². The maximum absolute atomic E-state index is 13.0. The van der Waals surface area contributed by atoms with Gasteiger partial charge in [0.05, 0.1) is 18.6 Å². The van der Waals surface area contributed by atoms with Gasteiger partial charge in [-0.2, -0.15) is 0 Å². The number of sulfonamides is 1. The minimum atomic E-state index is -3.66. The number of fused-ring (bicyclic) bond motifs is 1. The van der Waals surface area contributed by atoms with Crippen molar-refractivity contribution < 1.29 is 22.7 Å². The minimum Gasteiger partial charge on any atom is -0.497 e. The van der Waals surface area contributed by atoms with E-state index in [9.17, 15) is 13.2 Å². The highest BCUT2D eigenvalue weighted by Gasteiger charge is 2.33. The molecule has 0 saturated heterocycles. The van der Waals surface area contributed by atoms with Gasteiger partial charge < -0.3 is 14.4 Å². The number of nitrogens with zero attached hydrogens (tertiary/aromatic N) is 2. The van der Waals surface area contributed by atoms with Crippen LogP contribution in [-0.2, 0) is 14.8 Å². The second-order valence-electron chi connectivity index (χ2n) is 7.55. The summed E-state index contributed by atoms with van der Waals surface area (Å²) in [5.74, 6) is 1.29. The molecule has 0 aromatic heterocycles. The summed E-state index contributed by atoms with van der Waals surface area (Å²) < 4.78 is 37.9. The second-order valence-corrected chi connectivity index (χ2v) is 9.20. The molecule has 166 valence electrons. The van der Waals surface area contributed by atoms with Crippen molar-refractivity contribution in [2.45, 2.75) is 24.8 Å². The fourth-order valence-corrected chi connectivity index (χ4v) is 4.41. The van der Waals surface area contributed by atoms with Gasteiger partial charge in [-0.05, 0) is 42.3 Å². The molecule has 2 aromatic carbocycles. The van der Waals surface area contributed by atoms with Crippen LogP contribution < -0.4 is 14.2 Å². The average Bonchev–Trinajstić information content (AvgIpc) is 3.02. The predicted octanol–water partition coefficient (Wildman–Crippen LogP) is 2.30. The maximum Gasteiger partial charge on any atom is 0.263 e. The van der Waals surface area contributed by atoms with Crippen molar-refractivity contribution in [3.8, 4) is 11.5 Å². The fraction of sp³-hybridized carbons (Fsp3) is 0.364. The molecule has 0 bridgehead atoms. The molecule has 0 saturated carbocycles. The third kappa shape index (κ3) is 5.16. The Bertz CT molecular complexity index is 1060. The lowest BCUT2D eigenvalue weighted by atomic mass is 10.0. The molecule has 0 fully saturated rings. The molecule has 31 heavy (non-hydrogen) atoms. The zero-order valence-corrected chi connectivity index (χ0v) is 18.8. The molecule has 0 radical (unpaired) electrons. The molecule has 2 aromatic rings. The summed E-state index contributed by atoms with van der Waals surface area (Å²) in [6, 6.07) is 13.1. The quantitative estimate of drug-likeness (QED) is 0.672. The summed E-state index contributed by atoms with van der Waals surface area (Å²) in [5, 5.41) is 0. The van der Waals surface area contributed by atoms with Crippen molar-refractivity contribution >= 4 is 21.8 Å². The van der Waals surface area contributed by atoms with E-state index < -0.39 is 16.1 Å². The Kier molecular flexibility index (Phi) is 6.84. The number of carbonyl (C=O) groups excluding carboxylic acids is 1. The Balaban J connectivity index is 1.68. The lowest BCUT2D eigenvalue weighted by Gasteiger charge is -2.24. The van der Waals surface area contributed by atoms with Crippen LogP contribution in [0.3, 0.4) is 0 Å². The fourth-order valence-electron chi connectivity index (χ4n) is 3.17. The first-order valence-corrected chi connectivity index (χ1v) is 11.4. The molecule has 9 heteroatoms. The summed E-state index contributed by atoms with van der Waals surface area (Å²) in [5.41, 5.74) is 0.478. The zero-order valence-electron chi connectivity index (χ0n) is 18.0. The number of amidine groups is 1. The first kappa shape index (κ1) is 22.6. The first-order valence-electron chi connectivity index (χ1n) is 9.95. The number of hydrogen-bond acceptors (Lipinski definition) is 6. The normalized spacial score (nSPS) is 16.5. The van der Waals surface area contributed by atoms with Crippen molar-refractivity contribution in [3.05, 3.63) is 54.1 Å². The van der Waals surface area contributed by atoms with E-state index in [0.29, 0.717) is 24.5 Å². The van der Waals surface area contributed by atoms with Crippen LogP contribution in [-0.4, -0.2) is 58.4 Å². The Morgan fingerprint density at radius 2 is 1.74 bits per heavy atom. The van der Waals surface area contributed by atoms with Gasteiger partial charge in [-0.3, -0.25) is 14.5 Å². The van der Waals surface area contributed by atoms with Gasteiger partial charge >= 0.3 is 0 Å². The smallest absolute Gasteiger partial charge is 0.263 e. The number of ether oxygens (including phenoxy) is 2. The van der Waals surface area contributed by atoms with Crippen molar-refractivity contribution in [3.63, 3.8) is 0 Å². The monoisotopic (exact) mass is 445 g/mol. The largest absolute Gasteiger partial charge is 0.497 e. The Morgan fingerprint density at radius 3 is 2.39 bits per heavy atom. The third-order valence-corrected chi connectivity index (χ3v) is 6.34. The molecular weight excluding hydrogens is 418 g/mol. The molecule has 0 spiro atoms. The van der Waals surface area contributed by atoms with E-state index in [2.05, 4.69) is 9.71 Å². The van der Waals surface area contributed by atoms with Crippen LogP contribution in [0.4, 0.5) is 0 Å². The Morgan fingerprint density at radius 1 is 1.10 bits per heavy atom. The highest BCUT2D eigenvalue weighted by Crippen LogP contribution is 2.24. The van der Waals surface area contributed by atoms with Gasteiger partial charge in [-0.1, -0.05) is 26.0 Å². The SMILES string of the molecule is COc1ccc(OCCN(C)C(=O)[C@H](N=C2NS(=O)(=O)c3ccccc32)C(C)C)cc1. The average molecular weight is 446 g/mol. The minimum absolute atomic E-state index is 0.123. The van der Waals surface area contributed by atoms with Crippen molar-refractivity contribution in [2.75, 3.05) is 27.3 Å². The molecule has 1 heterocycles. The second kappa shape index (κ2) is 9.38. The van der Waals surface area contributed by atoms with Crippen molar-refractivity contribution in [1.29, 1.82) is 0 Å². The van der Waals surface area contributed by atoms with Crippen LogP contribution in [0.2, 0.25) is 0 Å². The van der Waals surface area contributed by atoms with E-state index in [1.807, 2.05) is 13.8 Å². The highest BCUT2D eigenvalue weighted by atomic mass is 32.2. The highest BCUT2D eigenvalue weighted by molar-refractivity contribution is 7.90. The van der Waals surface area contributed by atoms with Crippen LogP contribution in [0.25, 0.3) is 0 Å². The summed E-state index contributed by atoms with van der Waals surface area (Å²) in [6.07, 6.45) is 0. The van der Waals surface area contributed by atoms with Gasteiger partial charge in [-0.25, -0.2) is 8.42 Å². The zero-order chi connectivity index (χ0) is 22.6. The maximum atomic E-state index is 13.0. The Labute approximate surface area is 182 Å². The van der Waals surface area contributed by atoms with Crippen molar-refractivity contribution in [2.24, 2.45) is 10.9 Å². The lowest BCUT2D eigenvalue weighted by molar-refractivity contribution is -0.132. The van der Waals surface area contributed by atoms with Gasteiger partial charge in [0.2, 0.25) is 5.91 Å². The molecule has 1 amide bonds. The van der Waals surface area contributed by atoms with Crippen LogP contribution in [0, 0.1) is 5.92 Å². The number of rotatable bonds is 8. The van der Waals surface area contributed by atoms with Crippen LogP contribution >= 0.6 is 0 Å². The third-order valence-electron chi connectivity index (χ3n) is 4.95. The standard InChI is InChI=1S/C22H27N3O5S/c1-15(2)20(23-21-18-7-5-6-8-19(18)31(27,28)24-21)22(26)25(3)13-14-30-17-11-9-16(29-4)10-12-17/h5-12,15,20H,13-14H2,1-4H3,(H,23,24)/t20-/m1/s1. The van der Waals surface area contributed by atoms with Crippen LogP contribution in [0.1, 0.15) is 19.4 Å². The van der Waals surface area contributed by atoms with E-state index in [-0.39, 0.29) is 22.6 Å². The number of aliphatic imine (C=N–C) groups is 1. The van der Waals surface area contributed by atoms with E-state index in [4.69, 9.17) is 9.47 Å². The van der Waals surface area contributed by atoms with E-state index in [1.54, 1.807) is 61.5 Å². The number of carbonyl (C=O) groups is 1. The molecule has 1 aliphatic rings. The number of likely N-dealkylation sites (N-methyl/N-ethyl adjacent to an activating group) is 1. The Hall–Kier alpha value is -3.07. The number of amides is 1. The molecule has 0 unspecified atom stereocenters. The number of nitrogens with one attached hydrogen (secondary N) is 1. The molecule has 1 aliphatic heterocycles. The van der Waals surface area contributed by atoms with Gasteiger partial charge in [-0.15, -0.1) is 0 Å². The molecule has 3 rings (SSSR count). The van der Waals surface area contributed by atoms with Gasteiger partial charge in [0, 0.05) is 12.6 Å². The topological polar surface area (TPSA) is 97.3 Å². The number of methoxy groups -OCH3 is 1. The van der Waals surface area contributed by atoms with Gasteiger partial charge in [0.1, 0.15) is 30.0 Å². The van der Waals surface area contributed by atoms with E-state index in [0.717, 1.165) is 5.75 Å². The first-order chi connectivity index (χ1) is 14.7. The number of hydrogen-bond donors (Lipinski definition) is 1. The molecule has 0 aliphatic carbocycles. The lowest BCUT2D eigenvalue weighted by Crippen LogP contribution is -2.41. The molecule has 8 nitrogen and oxygen atoms in total. The molecular formula is C22H27N3O5S. The van der Waals surface area contributed by atoms with Crippen LogP contribution in [0.5, 0.6) is 11.5 Å². The van der Waals surface area contributed by atoms with Crippen LogP contribution in [0.15, 0.2) is 58.4 Å². The summed E-state index contributed by atoms with van der Waals surface area (Å²) in [4.78, 5) is 19.3. The van der Waals surface area contributed by atoms with Gasteiger partial charge in [0.25, 0.3) is 10.0 Å². The number of benzene rings is 2. The summed E-state index contributed by atoms with van der Waals surface area (Å²) in [6.45, 7) is 4.43. The molecule has 1 atom stereocenters. The predicted molar refractivity (Wildman–Crippen MR) is 118 cm³/mol. The van der Waals surface area contributed by atoms with E-state index in [1.165, 1.54) is 6.07 Å². The summed E-state index contributed by atoms with van der Waals surface area (Å²) in [7, 11) is -0.377.